The van der Waals surface area contributed by atoms with Crippen LogP contribution in [0.15, 0.2) is 5.03 Å². The normalized spacial score (nSPS) is 10.7. The smallest absolute Gasteiger partial charge is 0.743 e. The number of nitrogens with zero attached hydrogens (tertiary/aromatic N) is 2. The molecule has 1 heterocycles. The Hall–Kier alpha value is -1.01. The Bertz CT molecular complexity index is 538. The quantitative estimate of drug-likeness (QED) is 0.317. The summed E-state index contributed by atoms with van der Waals surface area (Å²) in [6.45, 7) is 1.58. The van der Waals surface area contributed by atoms with Gasteiger partial charge in [-0.2, -0.15) is 0 Å². The van der Waals surface area contributed by atoms with Crippen molar-refractivity contribution in [3.05, 3.63) is 5.56 Å². The van der Waals surface area contributed by atoms with Crippen LogP contribution in [-0.2, 0) is 21.9 Å². The molecule has 8 nitrogen and oxygen atoms in total. The van der Waals surface area contributed by atoms with Gasteiger partial charge in [0.25, 0.3) is 0 Å². The fourth-order valence-corrected chi connectivity index (χ4v) is 2.08. The first-order valence-corrected chi connectivity index (χ1v) is 5.97. The molecule has 0 saturated heterocycles. The summed E-state index contributed by atoms with van der Waals surface area (Å²) in [5, 5.41) is 2.84. The topological polar surface area (TPSA) is 111 Å². The Labute approximate surface area is 116 Å². The number of esters is 1. The Morgan fingerprint density at radius 2 is 2.06 bits per heavy atom. The zero-order valence-corrected chi connectivity index (χ0v) is 11.3. The van der Waals surface area contributed by atoms with Gasteiger partial charge in [0.05, 0.1) is 13.7 Å². The minimum Gasteiger partial charge on any atom is -0.743 e. The van der Waals surface area contributed by atoms with E-state index in [4.69, 9.17) is 4.74 Å². The van der Waals surface area contributed by atoms with Crippen LogP contribution in [0.5, 0.6) is 5.88 Å². The summed E-state index contributed by atoms with van der Waals surface area (Å²) in [5.74, 6) is -1.23. The first-order chi connectivity index (χ1) is 7.82. The van der Waals surface area contributed by atoms with E-state index in [9.17, 15) is 17.8 Å². The molecule has 0 atom stereocenters. The summed E-state index contributed by atoms with van der Waals surface area (Å²) in [4.78, 5) is 11.5. The Kier molecular flexibility index (Phi) is 5.89. The average Bonchev–Trinajstić information content (AvgIpc) is 2.54. The molecule has 1 rings (SSSR count). The van der Waals surface area contributed by atoms with E-state index >= 15 is 0 Å². The number of hydrogen-bond acceptors (Lipinski definition) is 7. The zero-order valence-electron chi connectivity index (χ0n) is 10.5. The number of hydrogen-bond donors (Lipinski definition) is 0. The first kappa shape index (κ1) is 17.0. The van der Waals surface area contributed by atoms with Gasteiger partial charge in [-0.15, -0.1) is 5.10 Å². The molecule has 0 bridgehead atoms. The molecule has 96 valence electrons. The van der Waals surface area contributed by atoms with Crippen LogP contribution in [0.3, 0.4) is 0 Å². The van der Waals surface area contributed by atoms with E-state index in [1.165, 1.54) is 14.2 Å². The minimum atomic E-state index is -4.85. The number of methoxy groups -OCH3 is 1. The molecular weight excluding hydrogens is 259 g/mol. The third-order valence-electron chi connectivity index (χ3n) is 1.87. The van der Waals surface area contributed by atoms with Gasteiger partial charge in [0.2, 0.25) is 5.88 Å². The molecule has 1 aromatic heterocycles. The van der Waals surface area contributed by atoms with Crippen LogP contribution in [0.2, 0.25) is 0 Å². The molecule has 1 aromatic rings. The molecule has 0 aromatic carbocycles. The van der Waals surface area contributed by atoms with Crippen LogP contribution in [0.25, 0.3) is 0 Å². The molecule has 0 unspecified atom stereocenters. The van der Waals surface area contributed by atoms with Crippen molar-refractivity contribution in [3.8, 4) is 5.88 Å². The maximum absolute atomic E-state index is 11.5. The van der Waals surface area contributed by atoms with E-state index in [2.05, 4.69) is 9.84 Å². The van der Waals surface area contributed by atoms with Crippen molar-refractivity contribution < 1.29 is 46.1 Å². The first-order valence-electron chi connectivity index (χ1n) is 4.56. The number of aryl methyl sites for hydroxylation is 1. The zero-order chi connectivity index (χ0) is 13.2. The van der Waals surface area contributed by atoms with Gasteiger partial charge in [0.1, 0.15) is 10.1 Å². The predicted octanol–water partition coefficient (Wildman–Crippen LogP) is -3.49. The molecule has 0 radical (unpaired) electrons. The molecule has 10 heteroatoms. The second kappa shape index (κ2) is 6.24. The molecule has 18 heavy (non-hydrogen) atoms. The van der Waals surface area contributed by atoms with Crippen LogP contribution in [0, 0.1) is 0 Å². The number of carbonyl (C=O) groups excluding carboxylic acids is 1. The summed E-state index contributed by atoms with van der Waals surface area (Å²) < 4.78 is 43.2. The summed E-state index contributed by atoms with van der Waals surface area (Å²) in [5.41, 5.74) is -0.480. The fraction of sp³-hybridized carbons (Fsp3) is 0.500. The monoisotopic (exact) mass is 270 g/mol. The summed E-state index contributed by atoms with van der Waals surface area (Å²) in [6.07, 6.45) is 0. The molecule has 0 N–H and O–H groups in total. The molecule has 0 amide bonds. The molecule has 0 fully saturated rings. The van der Waals surface area contributed by atoms with Gasteiger partial charge in [-0.3, -0.25) is 4.68 Å². The molecule has 0 aliphatic rings. The Morgan fingerprint density at radius 3 is 2.44 bits per heavy atom. The van der Waals surface area contributed by atoms with E-state index in [-0.39, 0.29) is 31.3 Å². The summed E-state index contributed by atoms with van der Waals surface area (Å²) in [6, 6.07) is 0. The van der Waals surface area contributed by atoms with E-state index in [0.29, 0.717) is 0 Å². The third kappa shape index (κ3) is 3.26. The van der Waals surface area contributed by atoms with Gasteiger partial charge in [-0.05, 0) is 6.92 Å². The van der Waals surface area contributed by atoms with Gasteiger partial charge >= 0.3 is 24.8 Å². The Balaban J connectivity index is 0.00000289. The minimum absolute atomic E-state index is 0. The van der Waals surface area contributed by atoms with Crippen LogP contribution < -0.4 is 23.6 Å². The van der Waals surface area contributed by atoms with E-state index in [1.54, 1.807) is 6.92 Å². The second-order valence-corrected chi connectivity index (χ2v) is 4.28. The maximum Gasteiger partial charge on any atom is 1.00 e. The third-order valence-corrected chi connectivity index (χ3v) is 2.81. The fourth-order valence-electron chi connectivity index (χ4n) is 1.29. The van der Waals surface area contributed by atoms with Crippen LogP contribution in [0.1, 0.15) is 17.3 Å². The summed E-state index contributed by atoms with van der Waals surface area (Å²) in [7, 11) is -2.43. The number of aromatic nitrogens is 2. The molecule has 0 spiro atoms. The van der Waals surface area contributed by atoms with Gasteiger partial charge < -0.3 is 14.0 Å². The molecule has 0 saturated carbocycles. The van der Waals surface area contributed by atoms with Gasteiger partial charge in [-0.1, -0.05) is 0 Å². The largest absolute Gasteiger partial charge is 1.00 e. The molecule has 0 aliphatic carbocycles. The van der Waals surface area contributed by atoms with Crippen molar-refractivity contribution in [1.29, 1.82) is 0 Å². The van der Waals surface area contributed by atoms with E-state index in [1.807, 2.05) is 0 Å². The number of ether oxygens (including phenoxy) is 2. The van der Waals surface area contributed by atoms with Crippen LogP contribution in [-0.4, -0.2) is 42.4 Å². The number of rotatable bonds is 4. The van der Waals surface area contributed by atoms with Crippen molar-refractivity contribution in [1.82, 2.24) is 9.78 Å². The van der Waals surface area contributed by atoms with Crippen molar-refractivity contribution in [2.75, 3.05) is 13.7 Å². The van der Waals surface area contributed by atoms with Crippen molar-refractivity contribution in [3.63, 3.8) is 0 Å². The van der Waals surface area contributed by atoms with Crippen molar-refractivity contribution >= 4 is 16.1 Å². The van der Waals surface area contributed by atoms with Crippen LogP contribution in [0.4, 0.5) is 0 Å². The average molecular weight is 270 g/mol. The van der Waals surface area contributed by atoms with E-state index < -0.39 is 26.7 Å². The maximum atomic E-state index is 11.5. The van der Waals surface area contributed by atoms with E-state index in [0.717, 1.165) is 4.68 Å². The van der Waals surface area contributed by atoms with Crippen molar-refractivity contribution in [2.45, 2.75) is 11.9 Å². The second-order valence-electron chi connectivity index (χ2n) is 2.99. The van der Waals surface area contributed by atoms with Gasteiger partial charge in [-0.25, -0.2) is 13.2 Å². The van der Waals surface area contributed by atoms with Gasteiger partial charge in [0.15, 0.2) is 10.6 Å². The van der Waals surface area contributed by atoms with Gasteiger partial charge in [0, 0.05) is 7.05 Å². The number of carbonyl (C=O) groups is 1. The predicted molar refractivity (Wildman–Crippen MR) is 53.7 cm³/mol. The Morgan fingerprint density at radius 1 is 1.50 bits per heavy atom. The SMILES string of the molecule is CCOC(=O)c1c(OC)nn(C)c1S(=O)(=O)[O-].[Li+]. The van der Waals surface area contributed by atoms with Crippen molar-refractivity contribution in [2.24, 2.45) is 7.05 Å². The standard InChI is InChI=1S/C8H12N2O6S.Li/c1-4-16-8(11)5-6(15-3)9-10(2)7(5)17(12,13)14;/h4H2,1-3H3,(H,12,13,14);/q;+1/p-1. The molecular formula is C8H11LiN2O6S. The van der Waals surface area contributed by atoms with Crippen LogP contribution >= 0.6 is 0 Å². The summed E-state index contributed by atoms with van der Waals surface area (Å²) >= 11 is 0. The molecule has 0 aliphatic heterocycles.